The summed E-state index contributed by atoms with van der Waals surface area (Å²) in [5.41, 5.74) is 7.48. The molecule has 4 N–H and O–H groups in total. The van der Waals surface area contributed by atoms with Crippen LogP contribution in [0.25, 0.3) is 55.7 Å². The van der Waals surface area contributed by atoms with Gasteiger partial charge >= 0.3 is 0 Å². The number of anilines is 2. The molecule has 0 unspecified atom stereocenters. The molecule has 240 valence electrons. The van der Waals surface area contributed by atoms with Crippen LogP contribution in [0.5, 0.6) is 0 Å². The standard InChI is InChI=1S/C36H38FN9O/c1-46(2)11-10-39-27-14-23(13-26(37)17-27)29-8-9-40-35-30(29)18-32(43-35)34-31-16-25(20-41-36(31)45-44-34)24-15-28(21-38-19-24)42-33(47)12-22-6-4-3-5-7-22/h8-9,13-22,39H,3-7,10-12H2,1-2H3,(H,40,43)(H,42,47)(H,41,44,45). The zero-order chi connectivity index (χ0) is 32.3. The number of carbonyl (C=O) groups is 1. The van der Waals surface area contributed by atoms with Crippen molar-refractivity contribution in [2.45, 2.75) is 38.5 Å². The maximum absolute atomic E-state index is 14.7. The van der Waals surface area contributed by atoms with Crippen LogP contribution in [0.4, 0.5) is 15.8 Å². The number of likely N-dealkylation sites (N-methyl/N-ethyl adjacent to an activating group) is 1. The fraction of sp³-hybridized carbons (Fsp3) is 0.306. The number of nitrogens with zero attached hydrogens (tertiary/aromatic N) is 5. The number of halogens is 1. The summed E-state index contributed by atoms with van der Waals surface area (Å²) in [6.07, 6.45) is 13.4. The molecule has 6 aromatic rings. The van der Waals surface area contributed by atoms with Crippen molar-refractivity contribution in [1.82, 2.24) is 35.0 Å². The molecular weight excluding hydrogens is 593 g/mol. The highest BCUT2D eigenvalue weighted by Crippen LogP contribution is 2.35. The highest BCUT2D eigenvalue weighted by Gasteiger charge is 2.19. The molecule has 0 aliphatic heterocycles. The van der Waals surface area contributed by atoms with Crippen LogP contribution in [0, 0.1) is 11.7 Å². The quantitative estimate of drug-likeness (QED) is 0.125. The van der Waals surface area contributed by atoms with E-state index >= 15 is 0 Å². The van der Waals surface area contributed by atoms with E-state index in [-0.39, 0.29) is 11.7 Å². The first-order valence-corrected chi connectivity index (χ1v) is 16.2. The van der Waals surface area contributed by atoms with Crippen LogP contribution in [-0.4, -0.2) is 68.1 Å². The zero-order valence-electron chi connectivity index (χ0n) is 26.6. The third-order valence-electron chi connectivity index (χ3n) is 8.86. The number of aromatic amines is 2. The molecule has 0 spiro atoms. The van der Waals surface area contributed by atoms with Gasteiger partial charge in [0.2, 0.25) is 5.91 Å². The second kappa shape index (κ2) is 13.3. The van der Waals surface area contributed by atoms with Crippen molar-refractivity contribution < 1.29 is 9.18 Å². The van der Waals surface area contributed by atoms with Crippen LogP contribution in [0.2, 0.25) is 0 Å². The van der Waals surface area contributed by atoms with E-state index in [1.807, 2.05) is 44.4 Å². The van der Waals surface area contributed by atoms with Gasteiger partial charge in [-0.15, -0.1) is 0 Å². The van der Waals surface area contributed by atoms with Gasteiger partial charge in [-0.2, -0.15) is 5.10 Å². The average molecular weight is 632 g/mol. The number of H-pyrrole nitrogens is 2. The number of nitrogens with one attached hydrogen (secondary N) is 4. The average Bonchev–Trinajstić information content (AvgIpc) is 3.69. The van der Waals surface area contributed by atoms with E-state index in [2.05, 4.69) is 45.7 Å². The Kier molecular flexibility index (Phi) is 8.62. The van der Waals surface area contributed by atoms with Crippen molar-refractivity contribution >= 4 is 39.3 Å². The summed E-state index contributed by atoms with van der Waals surface area (Å²) < 4.78 is 14.7. The second-order valence-corrected chi connectivity index (χ2v) is 12.7. The molecule has 7 rings (SSSR count). The summed E-state index contributed by atoms with van der Waals surface area (Å²) in [5, 5.41) is 15.6. The molecule has 47 heavy (non-hydrogen) atoms. The van der Waals surface area contributed by atoms with Crippen LogP contribution in [0.1, 0.15) is 38.5 Å². The summed E-state index contributed by atoms with van der Waals surface area (Å²) in [6.45, 7) is 1.54. The van der Waals surface area contributed by atoms with Crippen molar-refractivity contribution in [1.29, 1.82) is 0 Å². The molecule has 1 saturated carbocycles. The molecule has 0 radical (unpaired) electrons. The molecule has 1 aromatic carbocycles. The number of rotatable bonds is 10. The van der Waals surface area contributed by atoms with Gasteiger partial charge in [0.05, 0.1) is 23.3 Å². The van der Waals surface area contributed by atoms with E-state index in [9.17, 15) is 9.18 Å². The van der Waals surface area contributed by atoms with Gasteiger partial charge in [-0.1, -0.05) is 19.3 Å². The Morgan fingerprint density at radius 1 is 0.936 bits per heavy atom. The number of amides is 1. The molecule has 0 atom stereocenters. The largest absolute Gasteiger partial charge is 0.384 e. The van der Waals surface area contributed by atoms with Crippen molar-refractivity contribution in [2.75, 3.05) is 37.8 Å². The third kappa shape index (κ3) is 6.85. The Morgan fingerprint density at radius 2 is 1.77 bits per heavy atom. The molecule has 11 heteroatoms. The maximum Gasteiger partial charge on any atom is 0.224 e. The maximum atomic E-state index is 14.7. The summed E-state index contributed by atoms with van der Waals surface area (Å²) >= 11 is 0. The second-order valence-electron chi connectivity index (χ2n) is 12.7. The molecule has 0 bridgehead atoms. The Morgan fingerprint density at radius 3 is 2.62 bits per heavy atom. The van der Waals surface area contributed by atoms with E-state index in [0.717, 1.165) is 69.5 Å². The number of hydrogen-bond donors (Lipinski definition) is 4. The van der Waals surface area contributed by atoms with E-state index < -0.39 is 0 Å². The third-order valence-corrected chi connectivity index (χ3v) is 8.86. The van der Waals surface area contributed by atoms with E-state index in [4.69, 9.17) is 0 Å². The van der Waals surface area contributed by atoms with Crippen LogP contribution in [0.3, 0.4) is 0 Å². The lowest BCUT2D eigenvalue weighted by Gasteiger charge is -2.20. The lowest BCUT2D eigenvalue weighted by atomic mass is 9.87. The first kappa shape index (κ1) is 30.5. The molecular formula is C36H38FN9O. The number of benzene rings is 1. The summed E-state index contributed by atoms with van der Waals surface area (Å²) in [7, 11) is 4.01. The first-order chi connectivity index (χ1) is 22.9. The number of hydrogen-bond acceptors (Lipinski definition) is 7. The van der Waals surface area contributed by atoms with Crippen LogP contribution in [0.15, 0.2) is 67.3 Å². The minimum absolute atomic E-state index is 0.0309. The molecule has 1 aliphatic carbocycles. The highest BCUT2D eigenvalue weighted by molar-refractivity contribution is 6.00. The number of fused-ring (bicyclic) bond motifs is 2. The van der Waals surface area contributed by atoms with Gasteiger partial charge in [0.15, 0.2) is 5.65 Å². The first-order valence-electron chi connectivity index (χ1n) is 16.2. The Balaban J connectivity index is 1.16. The molecule has 5 heterocycles. The predicted octanol–water partition coefficient (Wildman–Crippen LogP) is 7.25. The molecule has 5 aromatic heterocycles. The number of pyridine rings is 3. The van der Waals surface area contributed by atoms with E-state index in [0.29, 0.717) is 35.9 Å². The fourth-order valence-electron chi connectivity index (χ4n) is 6.48. The van der Waals surface area contributed by atoms with E-state index in [1.54, 1.807) is 30.9 Å². The highest BCUT2D eigenvalue weighted by atomic mass is 19.1. The smallest absolute Gasteiger partial charge is 0.224 e. The molecule has 1 aliphatic rings. The fourth-order valence-corrected chi connectivity index (χ4v) is 6.48. The van der Waals surface area contributed by atoms with Gasteiger partial charge in [0, 0.05) is 65.7 Å². The topological polar surface area (TPSA) is 128 Å². The number of carbonyl (C=O) groups excluding carboxylic acids is 1. The molecule has 1 fully saturated rings. The summed E-state index contributed by atoms with van der Waals surface area (Å²) in [5.74, 6) is 0.183. The summed E-state index contributed by atoms with van der Waals surface area (Å²) in [4.78, 5) is 31.8. The predicted molar refractivity (Wildman–Crippen MR) is 184 cm³/mol. The minimum Gasteiger partial charge on any atom is -0.384 e. The molecule has 1 amide bonds. The summed E-state index contributed by atoms with van der Waals surface area (Å²) in [6, 6.07) is 12.9. The van der Waals surface area contributed by atoms with Gasteiger partial charge in [0.25, 0.3) is 0 Å². The van der Waals surface area contributed by atoms with Gasteiger partial charge in [-0.05, 0) is 86.4 Å². The van der Waals surface area contributed by atoms with Crippen molar-refractivity contribution in [3.63, 3.8) is 0 Å². The van der Waals surface area contributed by atoms with Gasteiger partial charge in [-0.25, -0.2) is 14.4 Å². The molecule has 0 saturated heterocycles. The van der Waals surface area contributed by atoms with Gasteiger partial charge in [-0.3, -0.25) is 14.9 Å². The van der Waals surface area contributed by atoms with Crippen molar-refractivity contribution in [2.24, 2.45) is 5.92 Å². The zero-order valence-corrected chi connectivity index (χ0v) is 26.6. The monoisotopic (exact) mass is 631 g/mol. The molecule has 10 nitrogen and oxygen atoms in total. The van der Waals surface area contributed by atoms with Crippen molar-refractivity contribution in [3.05, 3.63) is 73.1 Å². The Hall–Kier alpha value is -5.16. The SMILES string of the molecule is CN(C)CCNc1cc(F)cc(-c2ccnc3[nH]c(-c4[nH]nc5ncc(-c6cncc(NC(=O)CC7CCCCC7)c6)cc45)cc23)c1. The lowest BCUT2D eigenvalue weighted by Crippen LogP contribution is -2.20. The Labute approximate surface area is 272 Å². The minimum atomic E-state index is -0.309. The normalized spacial score (nSPS) is 13.9. The number of aromatic nitrogens is 6. The Bertz CT molecular complexity index is 2040. The van der Waals surface area contributed by atoms with E-state index in [1.165, 1.54) is 25.3 Å². The van der Waals surface area contributed by atoms with Gasteiger partial charge in [0.1, 0.15) is 11.5 Å². The van der Waals surface area contributed by atoms with Crippen molar-refractivity contribution in [3.8, 4) is 33.6 Å². The van der Waals surface area contributed by atoms with Crippen LogP contribution in [-0.2, 0) is 4.79 Å². The lowest BCUT2D eigenvalue weighted by molar-refractivity contribution is -0.117. The van der Waals surface area contributed by atoms with Crippen LogP contribution >= 0.6 is 0 Å². The van der Waals surface area contributed by atoms with Gasteiger partial charge < -0.3 is 20.5 Å². The van der Waals surface area contributed by atoms with Crippen LogP contribution < -0.4 is 10.6 Å².